The highest BCUT2D eigenvalue weighted by atomic mass is 16.6. The first-order valence-electron chi connectivity index (χ1n) is 12.9. The van der Waals surface area contributed by atoms with Crippen molar-refractivity contribution in [2.75, 3.05) is 13.6 Å². The van der Waals surface area contributed by atoms with Crippen LogP contribution in [0.15, 0.2) is 23.0 Å². The average Bonchev–Trinajstić information content (AvgIpc) is 3.04. The second-order valence-corrected chi connectivity index (χ2v) is 11.5. The predicted molar refractivity (Wildman–Crippen MR) is 137 cm³/mol. The first kappa shape index (κ1) is 26.0. The molecule has 2 heterocycles. The summed E-state index contributed by atoms with van der Waals surface area (Å²) in [4.78, 5) is 50.9. The van der Waals surface area contributed by atoms with Crippen LogP contribution in [0.1, 0.15) is 70.9 Å². The molecule has 9 nitrogen and oxygen atoms in total. The van der Waals surface area contributed by atoms with Gasteiger partial charge in [-0.1, -0.05) is 6.07 Å². The summed E-state index contributed by atoms with van der Waals surface area (Å²) in [7, 11) is 3.53. The summed E-state index contributed by atoms with van der Waals surface area (Å²) in [5.41, 5.74) is 1.96. The molecule has 2 aliphatic rings. The minimum Gasteiger partial charge on any atom is -0.444 e. The van der Waals surface area contributed by atoms with Crippen LogP contribution in [0.2, 0.25) is 0 Å². The molecule has 0 radical (unpaired) electrons. The summed E-state index contributed by atoms with van der Waals surface area (Å²) < 4.78 is 8.58. The van der Waals surface area contributed by atoms with Gasteiger partial charge in [0.25, 0.3) is 0 Å². The van der Waals surface area contributed by atoms with Crippen molar-refractivity contribution in [3.63, 3.8) is 0 Å². The molecule has 9 heteroatoms. The molecule has 4 rings (SSSR count). The average molecular weight is 499 g/mol. The summed E-state index contributed by atoms with van der Waals surface area (Å²) in [6, 6.07) is 5.37. The number of imide groups is 1. The Morgan fingerprint density at radius 2 is 1.72 bits per heavy atom. The molecule has 196 valence electrons. The van der Waals surface area contributed by atoms with E-state index in [-0.39, 0.29) is 24.1 Å². The van der Waals surface area contributed by atoms with E-state index in [4.69, 9.17) is 4.74 Å². The van der Waals surface area contributed by atoms with E-state index in [1.807, 2.05) is 32.9 Å². The Hall–Kier alpha value is -3.10. The van der Waals surface area contributed by atoms with Crippen LogP contribution in [0.3, 0.4) is 0 Å². The topological polar surface area (TPSA) is 103 Å². The van der Waals surface area contributed by atoms with Crippen LogP contribution in [-0.2, 0) is 27.8 Å². The molecule has 1 unspecified atom stereocenters. The van der Waals surface area contributed by atoms with Gasteiger partial charge in [-0.25, -0.2) is 9.59 Å². The Kier molecular flexibility index (Phi) is 7.29. The second-order valence-electron chi connectivity index (χ2n) is 11.5. The predicted octanol–water partition coefficient (Wildman–Crippen LogP) is 3.53. The van der Waals surface area contributed by atoms with Crippen molar-refractivity contribution < 1.29 is 19.1 Å². The monoisotopic (exact) mass is 498 g/mol. The number of aryl methyl sites for hydroxylation is 1. The molecule has 1 N–H and O–H groups in total. The molecule has 1 atom stereocenters. The Balaban J connectivity index is 1.39. The largest absolute Gasteiger partial charge is 0.444 e. The lowest BCUT2D eigenvalue weighted by molar-refractivity contribution is -0.135. The molecule has 0 bridgehead atoms. The van der Waals surface area contributed by atoms with Gasteiger partial charge < -0.3 is 9.64 Å². The van der Waals surface area contributed by atoms with E-state index in [2.05, 4.69) is 11.4 Å². The molecule has 1 aliphatic heterocycles. The maximum Gasteiger partial charge on any atom is 0.410 e. The lowest BCUT2D eigenvalue weighted by atomic mass is 9.79. The quantitative estimate of drug-likeness (QED) is 0.636. The molecular formula is C27H38N4O5. The number of carbonyl (C=O) groups excluding carboxylic acids is 3. The molecule has 0 spiro atoms. The van der Waals surface area contributed by atoms with Gasteiger partial charge in [0.15, 0.2) is 0 Å². The van der Waals surface area contributed by atoms with Gasteiger partial charge in [-0.15, -0.1) is 0 Å². The Labute approximate surface area is 211 Å². The van der Waals surface area contributed by atoms with Crippen molar-refractivity contribution in [1.82, 2.24) is 19.4 Å². The van der Waals surface area contributed by atoms with Crippen LogP contribution in [-0.4, -0.2) is 51.1 Å². The third kappa shape index (κ3) is 5.65. The summed E-state index contributed by atoms with van der Waals surface area (Å²) >= 11 is 0. The number of hydrogen-bond donors (Lipinski definition) is 1. The van der Waals surface area contributed by atoms with Crippen LogP contribution in [0.4, 0.5) is 4.79 Å². The fourth-order valence-electron chi connectivity index (χ4n) is 5.52. The third-order valence-corrected chi connectivity index (χ3v) is 7.40. The molecule has 1 saturated heterocycles. The normalized spacial score (nSPS) is 23.0. The molecule has 3 amide bonds. The number of piperidine rings is 1. The lowest BCUT2D eigenvalue weighted by Crippen LogP contribution is -2.44. The Bertz CT molecular complexity index is 1210. The molecule has 1 saturated carbocycles. The highest BCUT2D eigenvalue weighted by Gasteiger charge is 2.31. The van der Waals surface area contributed by atoms with E-state index in [9.17, 15) is 19.2 Å². The van der Waals surface area contributed by atoms with Gasteiger partial charge in [0.05, 0.1) is 11.0 Å². The van der Waals surface area contributed by atoms with E-state index >= 15 is 0 Å². The van der Waals surface area contributed by atoms with Crippen molar-refractivity contribution >= 4 is 28.9 Å². The van der Waals surface area contributed by atoms with Crippen molar-refractivity contribution in [2.24, 2.45) is 18.9 Å². The number of ether oxygens (including phenoxy) is 1. The van der Waals surface area contributed by atoms with Crippen LogP contribution in [0, 0.1) is 11.8 Å². The van der Waals surface area contributed by atoms with Crippen LogP contribution >= 0.6 is 0 Å². The standard InChI is InChI=1S/C27H38N4O5/c1-27(2,3)36-26(35)29(4)16-18-8-6-17(7-9-18)14-19-10-11-20-22(15-19)30(5)25(34)31(20)21-12-13-23(32)28-24(21)33/h10-11,15,17-18,21H,6-9,12-14,16H2,1-5H3,(H,28,32,33). The van der Waals surface area contributed by atoms with Gasteiger partial charge in [-0.05, 0) is 88.8 Å². The first-order valence-corrected chi connectivity index (χ1v) is 12.9. The zero-order valence-electron chi connectivity index (χ0n) is 22.0. The highest BCUT2D eigenvalue weighted by Crippen LogP contribution is 2.32. The second kappa shape index (κ2) is 10.1. The van der Waals surface area contributed by atoms with Crippen LogP contribution in [0.25, 0.3) is 11.0 Å². The molecule has 1 aromatic heterocycles. The van der Waals surface area contributed by atoms with Crippen LogP contribution in [0.5, 0.6) is 0 Å². The van der Waals surface area contributed by atoms with Gasteiger partial charge in [-0.2, -0.15) is 0 Å². The number of benzene rings is 1. The Morgan fingerprint density at radius 1 is 1.06 bits per heavy atom. The van der Waals surface area contributed by atoms with E-state index in [0.29, 0.717) is 24.8 Å². The van der Waals surface area contributed by atoms with Gasteiger partial charge in [-0.3, -0.25) is 24.0 Å². The van der Waals surface area contributed by atoms with Gasteiger partial charge in [0.1, 0.15) is 11.6 Å². The number of imidazole rings is 1. The number of nitrogens with zero attached hydrogens (tertiary/aromatic N) is 3. The zero-order valence-corrected chi connectivity index (χ0v) is 22.0. The van der Waals surface area contributed by atoms with Crippen molar-refractivity contribution in [3.05, 3.63) is 34.2 Å². The Morgan fingerprint density at radius 3 is 2.36 bits per heavy atom. The summed E-state index contributed by atoms with van der Waals surface area (Å²) in [5.74, 6) is 0.321. The van der Waals surface area contributed by atoms with E-state index < -0.39 is 17.6 Å². The number of carbonyl (C=O) groups is 3. The maximum absolute atomic E-state index is 13.0. The highest BCUT2D eigenvalue weighted by molar-refractivity contribution is 6.00. The summed E-state index contributed by atoms with van der Waals surface area (Å²) in [5, 5.41) is 2.35. The third-order valence-electron chi connectivity index (χ3n) is 7.40. The van der Waals surface area contributed by atoms with Crippen LogP contribution < -0.4 is 11.0 Å². The van der Waals surface area contributed by atoms with Gasteiger partial charge in [0, 0.05) is 27.1 Å². The minimum atomic E-state index is -0.668. The fourth-order valence-corrected chi connectivity index (χ4v) is 5.52. The minimum absolute atomic E-state index is 0.230. The molecule has 2 aromatic rings. The smallest absolute Gasteiger partial charge is 0.410 e. The van der Waals surface area contributed by atoms with Crippen molar-refractivity contribution in [2.45, 2.75) is 77.4 Å². The molecule has 1 aromatic carbocycles. The number of amides is 3. The molecule has 2 fully saturated rings. The number of aromatic nitrogens is 2. The number of fused-ring (bicyclic) bond motifs is 1. The van der Waals surface area contributed by atoms with Gasteiger partial charge in [0.2, 0.25) is 11.8 Å². The fraction of sp³-hybridized carbons (Fsp3) is 0.630. The van der Waals surface area contributed by atoms with Gasteiger partial charge >= 0.3 is 11.8 Å². The van der Waals surface area contributed by atoms with E-state index in [1.165, 1.54) is 10.1 Å². The van der Waals surface area contributed by atoms with Crippen molar-refractivity contribution in [3.8, 4) is 0 Å². The first-order chi connectivity index (χ1) is 16.9. The van der Waals surface area contributed by atoms with E-state index in [0.717, 1.165) is 43.1 Å². The zero-order chi connectivity index (χ0) is 26.2. The number of rotatable bonds is 5. The SMILES string of the molecule is CN(CC1CCC(Cc2ccc3c(c2)n(C)c(=O)n3C2CCC(=O)NC2=O)CC1)C(=O)OC(C)(C)C. The molecular weight excluding hydrogens is 460 g/mol. The molecule has 36 heavy (non-hydrogen) atoms. The number of hydrogen-bond acceptors (Lipinski definition) is 5. The molecule has 1 aliphatic carbocycles. The van der Waals surface area contributed by atoms with Crippen molar-refractivity contribution in [1.29, 1.82) is 0 Å². The summed E-state index contributed by atoms with van der Waals surface area (Å²) in [6.45, 7) is 6.35. The van der Waals surface area contributed by atoms with E-state index in [1.54, 1.807) is 23.6 Å². The lowest BCUT2D eigenvalue weighted by Gasteiger charge is -2.32. The summed E-state index contributed by atoms with van der Waals surface area (Å²) in [6.07, 6.45) is 5.57. The number of nitrogens with one attached hydrogen (secondary N) is 1. The maximum atomic E-state index is 13.0.